The van der Waals surface area contributed by atoms with Crippen molar-refractivity contribution in [3.05, 3.63) is 78.1 Å². The zero-order valence-corrected chi connectivity index (χ0v) is 19.9. The highest BCUT2D eigenvalue weighted by Gasteiger charge is 2.26. The van der Waals surface area contributed by atoms with Gasteiger partial charge < -0.3 is 19.0 Å². The Hall–Kier alpha value is -3.87. The number of amides is 1. The molecule has 2 aromatic heterocycles. The van der Waals surface area contributed by atoms with E-state index in [1.54, 1.807) is 31.4 Å². The number of anilines is 1. The summed E-state index contributed by atoms with van der Waals surface area (Å²) in [4.78, 5) is 17.7. The molecule has 1 saturated carbocycles. The third-order valence-electron chi connectivity index (χ3n) is 6.61. The average Bonchev–Trinajstić information content (AvgIpc) is 3.64. The van der Waals surface area contributed by atoms with Crippen LogP contribution >= 0.6 is 0 Å². The number of aryl methyl sites for hydroxylation is 1. The topological polar surface area (TPSA) is 69.3 Å². The van der Waals surface area contributed by atoms with Crippen molar-refractivity contribution >= 4 is 11.6 Å². The normalized spacial score (nSPS) is 13.8. The second-order valence-corrected chi connectivity index (χ2v) is 8.80. The molecule has 1 aliphatic rings. The lowest BCUT2D eigenvalue weighted by atomic mass is 10.1. The molecule has 1 fully saturated rings. The molecule has 0 saturated heterocycles. The lowest BCUT2D eigenvalue weighted by Gasteiger charge is -2.15. The molecule has 180 valence electrons. The summed E-state index contributed by atoms with van der Waals surface area (Å²) in [5, 5.41) is 2.91. The molecule has 0 bridgehead atoms. The van der Waals surface area contributed by atoms with Gasteiger partial charge in [-0.25, -0.2) is 9.37 Å². The maximum absolute atomic E-state index is 13.6. The number of methoxy groups -OCH3 is 1. The summed E-state index contributed by atoms with van der Waals surface area (Å²) in [5.74, 6) is 0.657. The third kappa shape index (κ3) is 4.58. The van der Waals surface area contributed by atoms with E-state index in [-0.39, 0.29) is 17.5 Å². The van der Waals surface area contributed by atoms with Crippen LogP contribution in [-0.2, 0) is 6.42 Å². The Morgan fingerprint density at radius 3 is 2.63 bits per heavy atom. The molecule has 5 rings (SSSR count). The predicted molar refractivity (Wildman–Crippen MR) is 133 cm³/mol. The number of aromatic nitrogens is 2. The number of furan rings is 1. The minimum absolute atomic E-state index is 0.188. The fourth-order valence-electron chi connectivity index (χ4n) is 4.73. The van der Waals surface area contributed by atoms with Gasteiger partial charge in [0.15, 0.2) is 11.5 Å². The number of nitrogens with zero attached hydrogens (tertiary/aromatic N) is 2. The molecule has 0 unspecified atom stereocenters. The smallest absolute Gasteiger partial charge is 0.291 e. The summed E-state index contributed by atoms with van der Waals surface area (Å²) in [6.45, 7) is 2.05. The van der Waals surface area contributed by atoms with Crippen LogP contribution in [0.1, 0.15) is 54.8 Å². The van der Waals surface area contributed by atoms with E-state index in [1.807, 2.05) is 24.5 Å². The molecular weight excluding hydrogens is 445 g/mol. The van der Waals surface area contributed by atoms with E-state index in [4.69, 9.17) is 9.15 Å². The van der Waals surface area contributed by atoms with Crippen LogP contribution < -0.4 is 10.1 Å². The van der Waals surface area contributed by atoms with E-state index in [0.717, 1.165) is 36.1 Å². The second kappa shape index (κ2) is 9.78. The minimum atomic E-state index is -0.363. The van der Waals surface area contributed by atoms with Gasteiger partial charge in [0.2, 0.25) is 0 Å². The lowest BCUT2D eigenvalue weighted by Crippen LogP contribution is -2.12. The molecular formula is C28H28FN3O3. The molecule has 0 radical (unpaired) electrons. The number of nitrogens with one attached hydrogen (secondary N) is 1. The lowest BCUT2D eigenvalue weighted by molar-refractivity contribution is 0.0997. The number of rotatable bonds is 7. The molecule has 7 heteroatoms. The number of carbonyl (C=O) groups excluding carboxylic acids is 1. The Bertz CT molecular complexity index is 1330. The number of benzene rings is 2. The van der Waals surface area contributed by atoms with Gasteiger partial charge in [0.1, 0.15) is 17.3 Å². The van der Waals surface area contributed by atoms with Gasteiger partial charge >= 0.3 is 0 Å². The van der Waals surface area contributed by atoms with Crippen LogP contribution in [0.5, 0.6) is 5.75 Å². The van der Waals surface area contributed by atoms with Crippen molar-refractivity contribution in [2.75, 3.05) is 12.4 Å². The zero-order chi connectivity index (χ0) is 24.4. The monoisotopic (exact) mass is 473 g/mol. The summed E-state index contributed by atoms with van der Waals surface area (Å²) < 4.78 is 27.2. The summed E-state index contributed by atoms with van der Waals surface area (Å²) in [6.07, 6.45) is 7.13. The largest absolute Gasteiger partial charge is 0.495 e. The van der Waals surface area contributed by atoms with Crippen molar-refractivity contribution in [1.82, 2.24) is 9.55 Å². The first-order valence-electron chi connectivity index (χ1n) is 12.0. The highest BCUT2D eigenvalue weighted by molar-refractivity contribution is 6.03. The van der Waals surface area contributed by atoms with Gasteiger partial charge in [-0.3, -0.25) is 4.79 Å². The molecule has 1 amide bonds. The van der Waals surface area contributed by atoms with Gasteiger partial charge in [-0.1, -0.05) is 25.8 Å². The van der Waals surface area contributed by atoms with Crippen molar-refractivity contribution in [1.29, 1.82) is 0 Å². The molecule has 1 N–H and O–H groups in total. The van der Waals surface area contributed by atoms with Crippen LogP contribution in [0.25, 0.3) is 22.7 Å². The quantitative estimate of drug-likeness (QED) is 0.317. The molecule has 2 heterocycles. The number of hydrogen-bond donors (Lipinski definition) is 1. The summed E-state index contributed by atoms with van der Waals surface area (Å²) in [5.41, 5.74) is 3.98. The highest BCUT2D eigenvalue weighted by Crippen LogP contribution is 2.39. The van der Waals surface area contributed by atoms with Crippen molar-refractivity contribution in [2.24, 2.45) is 0 Å². The summed E-state index contributed by atoms with van der Waals surface area (Å²) >= 11 is 0. The molecule has 2 aromatic carbocycles. The number of halogens is 1. The van der Waals surface area contributed by atoms with E-state index < -0.39 is 0 Å². The van der Waals surface area contributed by atoms with Gasteiger partial charge in [0, 0.05) is 11.6 Å². The van der Waals surface area contributed by atoms with Gasteiger partial charge in [-0.15, -0.1) is 0 Å². The number of ether oxygens (including phenoxy) is 1. The van der Waals surface area contributed by atoms with Crippen LogP contribution in [0.4, 0.5) is 10.1 Å². The Morgan fingerprint density at radius 1 is 1.14 bits per heavy atom. The van der Waals surface area contributed by atoms with Gasteiger partial charge in [0.25, 0.3) is 5.91 Å². The Labute approximate surface area is 203 Å². The van der Waals surface area contributed by atoms with Crippen LogP contribution in [0.15, 0.2) is 65.3 Å². The number of hydrogen-bond acceptors (Lipinski definition) is 4. The van der Waals surface area contributed by atoms with Crippen molar-refractivity contribution in [3.8, 4) is 28.5 Å². The van der Waals surface area contributed by atoms with Crippen LogP contribution in [-0.4, -0.2) is 22.6 Å². The molecule has 1 aliphatic carbocycles. The number of imidazole rings is 1. The van der Waals surface area contributed by atoms with Crippen LogP contribution in [0, 0.1) is 5.82 Å². The highest BCUT2D eigenvalue weighted by atomic mass is 19.1. The third-order valence-corrected chi connectivity index (χ3v) is 6.61. The Kier molecular flexibility index (Phi) is 6.40. The maximum Gasteiger partial charge on any atom is 0.291 e. The predicted octanol–water partition coefficient (Wildman–Crippen LogP) is 6.89. The zero-order valence-electron chi connectivity index (χ0n) is 19.9. The van der Waals surface area contributed by atoms with Crippen LogP contribution in [0.3, 0.4) is 0 Å². The standard InChI is InChI=1S/C28H28FN3O3/c1-3-18-8-13-23(34-2)22(16-18)31-28(33)25-15-14-24(35-25)27-26(19-9-11-20(29)12-10-19)30-17-32(27)21-6-4-5-7-21/h8-17,21H,3-7H2,1-2H3,(H,31,33). The van der Waals surface area contributed by atoms with E-state index >= 15 is 0 Å². The minimum Gasteiger partial charge on any atom is -0.495 e. The average molecular weight is 474 g/mol. The first-order valence-corrected chi connectivity index (χ1v) is 12.0. The fourth-order valence-corrected chi connectivity index (χ4v) is 4.73. The molecule has 35 heavy (non-hydrogen) atoms. The van der Waals surface area contributed by atoms with E-state index in [2.05, 4.69) is 21.8 Å². The fraction of sp³-hybridized carbons (Fsp3) is 0.286. The first-order chi connectivity index (χ1) is 17.1. The van der Waals surface area contributed by atoms with Crippen molar-refractivity contribution in [2.45, 2.75) is 45.1 Å². The summed E-state index contributed by atoms with van der Waals surface area (Å²) in [7, 11) is 1.57. The summed E-state index contributed by atoms with van der Waals surface area (Å²) in [6, 6.07) is 15.8. The van der Waals surface area contributed by atoms with E-state index in [9.17, 15) is 9.18 Å². The van der Waals surface area contributed by atoms with Gasteiger partial charge in [-0.05, 0) is 73.4 Å². The Balaban J connectivity index is 1.49. The van der Waals surface area contributed by atoms with Crippen molar-refractivity contribution < 1.29 is 18.3 Å². The van der Waals surface area contributed by atoms with Crippen LogP contribution in [0.2, 0.25) is 0 Å². The number of carbonyl (C=O) groups is 1. The molecule has 0 aliphatic heterocycles. The van der Waals surface area contributed by atoms with E-state index in [0.29, 0.717) is 28.9 Å². The SMILES string of the molecule is CCc1ccc(OC)c(NC(=O)c2ccc(-c3c(-c4ccc(F)cc4)ncn3C3CCCC3)o2)c1. The second-order valence-electron chi connectivity index (χ2n) is 8.80. The van der Waals surface area contributed by atoms with Crippen molar-refractivity contribution in [3.63, 3.8) is 0 Å². The first kappa shape index (κ1) is 22.9. The van der Waals surface area contributed by atoms with E-state index in [1.165, 1.54) is 25.0 Å². The maximum atomic E-state index is 13.6. The molecule has 0 atom stereocenters. The Morgan fingerprint density at radius 2 is 1.91 bits per heavy atom. The molecule has 0 spiro atoms. The van der Waals surface area contributed by atoms with Gasteiger partial charge in [-0.2, -0.15) is 0 Å². The molecule has 6 nitrogen and oxygen atoms in total. The van der Waals surface area contributed by atoms with Gasteiger partial charge in [0.05, 0.1) is 24.8 Å². The molecule has 4 aromatic rings.